The van der Waals surface area contributed by atoms with Crippen LogP contribution in [0, 0.1) is 0 Å². The van der Waals surface area contributed by atoms with E-state index in [1.165, 1.54) is 31.9 Å². The molecule has 0 saturated carbocycles. The van der Waals surface area contributed by atoms with E-state index in [9.17, 15) is 14.4 Å². The lowest BCUT2D eigenvalue weighted by molar-refractivity contribution is 0.0997. The molecule has 11 nitrogen and oxygen atoms in total. The monoisotopic (exact) mass is 631 g/mol. The topological polar surface area (TPSA) is 137 Å². The maximum Gasteiger partial charge on any atom is 0.291 e. The van der Waals surface area contributed by atoms with Gasteiger partial charge in [0.15, 0.2) is 22.7 Å². The largest absolute Gasteiger partial charge is 0.493 e. The Kier molecular flexibility index (Phi) is 8.98. The highest BCUT2D eigenvalue weighted by atomic mass is 16.5. The van der Waals surface area contributed by atoms with Crippen LogP contribution in [-0.2, 0) is 20.0 Å². The van der Waals surface area contributed by atoms with Gasteiger partial charge in [0.05, 0.1) is 42.6 Å². The van der Waals surface area contributed by atoms with E-state index in [1.807, 2.05) is 48.3 Å². The van der Waals surface area contributed by atoms with Crippen molar-refractivity contribution in [2.45, 2.75) is 13.0 Å². The first-order valence-electron chi connectivity index (χ1n) is 15.0. The lowest BCUT2D eigenvalue weighted by Crippen LogP contribution is -2.20. The second kappa shape index (κ2) is 13.6. The Morgan fingerprint density at radius 3 is 2.43 bits per heavy atom. The van der Waals surface area contributed by atoms with Crippen LogP contribution < -0.4 is 30.9 Å². The summed E-state index contributed by atoms with van der Waals surface area (Å²) >= 11 is 0. The predicted octanol–water partition coefficient (Wildman–Crippen LogP) is 5.53. The fraction of sp³-hybridized carbons (Fsp3) is 0.167. The van der Waals surface area contributed by atoms with E-state index >= 15 is 0 Å². The Morgan fingerprint density at radius 1 is 0.872 bits per heavy atom. The molecule has 0 saturated heterocycles. The van der Waals surface area contributed by atoms with Crippen LogP contribution in [0.15, 0.2) is 100 Å². The fourth-order valence-electron chi connectivity index (χ4n) is 5.44. The number of aromatic nitrogens is 2. The van der Waals surface area contributed by atoms with Crippen molar-refractivity contribution < 1.29 is 23.5 Å². The van der Waals surface area contributed by atoms with Crippen LogP contribution in [0.1, 0.15) is 32.0 Å². The molecule has 3 N–H and O–H groups in total. The van der Waals surface area contributed by atoms with Crippen molar-refractivity contribution in [2.24, 2.45) is 7.05 Å². The van der Waals surface area contributed by atoms with Gasteiger partial charge in [-0.3, -0.25) is 19.1 Å². The number of hydrogen-bond donors (Lipinski definition) is 3. The second-order valence-electron chi connectivity index (χ2n) is 10.9. The molecule has 2 heterocycles. The Morgan fingerprint density at radius 2 is 1.64 bits per heavy atom. The van der Waals surface area contributed by atoms with Crippen LogP contribution in [0.25, 0.3) is 21.9 Å². The second-order valence-corrected chi connectivity index (χ2v) is 10.9. The number of hydrogen-bond acceptors (Lipinski definition) is 8. The smallest absolute Gasteiger partial charge is 0.291 e. The SMILES string of the molecule is COc1cc(NC(=O)c2cc(=O)c3ccccc3o2)c(C(=O)Nc2ccc(CCNCc3cccc4cnn(C)c34)cc2)cc1OC. The standard InChI is InChI=1S/C36H33N5O6/c1-41-34-23(7-6-8-24(34)21-38-41)20-37-16-15-22-11-13-25(14-12-22)39-35(43)27-17-31(45-2)32(46-3)18-28(27)40-36(44)33-19-29(42)26-9-4-5-10-30(26)47-33/h4-14,17-19,21,37H,15-16,20H2,1-3H3,(H,39,43)(H,40,44). The average Bonchev–Trinajstić information content (AvgIpc) is 3.48. The number of amides is 2. The molecule has 6 rings (SSSR count). The zero-order valence-corrected chi connectivity index (χ0v) is 26.1. The maximum atomic E-state index is 13.5. The van der Waals surface area contributed by atoms with Gasteiger partial charge in [-0.1, -0.05) is 42.5 Å². The summed E-state index contributed by atoms with van der Waals surface area (Å²) in [5.41, 5.74) is 4.17. The Bertz CT molecular complexity index is 2150. The number of aryl methyl sites for hydroxylation is 1. The van der Waals surface area contributed by atoms with Crippen LogP contribution in [0.4, 0.5) is 11.4 Å². The quantitative estimate of drug-likeness (QED) is 0.159. The summed E-state index contributed by atoms with van der Waals surface area (Å²) in [7, 11) is 4.85. The molecule has 0 aliphatic rings. The molecule has 0 bridgehead atoms. The van der Waals surface area contributed by atoms with Gasteiger partial charge in [0, 0.05) is 36.8 Å². The van der Waals surface area contributed by atoms with Gasteiger partial charge in [-0.25, -0.2) is 0 Å². The zero-order valence-electron chi connectivity index (χ0n) is 26.1. The van der Waals surface area contributed by atoms with Gasteiger partial charge < -0.3 is 29.8 Å². The van der Waals surface area contributed by atoms with Gasteiger partial charge in [-0.05, 0) is 54.4 Å². The van der Waals surface area contributed by atoms with E-state index < -0.39 is 11.8 Å². The van der Waals surface area contributed by atoms with Gasteiger partial charge in [-0.15, -0.1) is 0 Å². The number of rotatable bonds is 11. The van der Waals surface area contributed by atoms with Gasteiger partial charge in [-0.2, -0.15) is 5.10 Å². The molecular weight excluding hydrogens is 598 g/mol. The lowest BCUT2D eigenvalue weighted by Gasteiger charge is -2.16. The van der Waals surface area contributed by atoms with Gasteiger partial charge >= 0.3 is 0 Å². The van der Waals surface area contributed by atoms with Crippen LogP contribution in [0.5, 0.6) is 11.5 Å². The first-order chi connectivity index (χ1) is 22.8. The van der Waals surface area contributed by atoms with E-state index in [4.69, 9.17) is 13.9 Å². The molecule has 0 radical (unpaired) electrons. The number of benzene rings is 4. The summed E-state index contributed by atoms with van der Waals surface area (Å²) in [6, 6.07) is 24.5. The average molecular weight is 632 g/mol. The molecule has 0 unspecified atom stereocenters. The van der Waals surface area contributed by atoms with Crippen LogP contribution in [0.2, 0.25) is 0 Å². The zero-order chi connectivity index (χ0) is 32.9. The van der Waals surface area contributed by atoms with Gasteiger partial charge in [0.1, 0.15) is 5.58 Å². The Balaban J connectivity index is 1.13. The molecule has 2 amide bonds. The summed E-state index contributed by atoms with van der Waals surface area (Å²) < 4.78 is 18.4. The number of carbonyl (C=O) groups excluding carboxylic acids is 2. The highest BCUT2D eigenvalue weighted by molar-refractivity contribution is 6.12. The van der Waals surface area contributed by atoms with E-state index in [0.717, 1.165) is 42.0 Å². The van der Waals surface area contributed by atoms with Crippen molar-refractivity contribution >= 4 is 45.1 Å². The molecule has 0 spiro atoms. The first kappa shape index (κ1) is 31.1. The highest BCUT2D eigenvalue weighted by Crippen LogP contribution is 2.34. The van der Waals surface area contributed by atoms with Crippen LogP contribution >= 0.6 is 0 Å². The van der Waals surface area contributed by atoms with Crippen molar-refractivity contribution in [2.75, 3.05) is 31.4 Å². The Labute approximate surface area is 270 Å². The molecule has 47 heavy (non-hydrogen) atoms. The molecule has 238 valence electrons. The number of ether oxygens (including phenoxy) is 2. The molecule has 0 aliphatic heterocycles. The summed E-state index contributed by atoms with van der Waals surface area (Å²) in [5, 5.41) is 14.9. The van der Waals surface area contributed by atoms with Crippen molar-refractivity contribution in [3.63, 3.8) is 0 Å². The number of para-hydroxylation sites is 2. The van der Waals surface area contributed by atoms with E-state index in [1.54, 1.807) is 24.3 Å². The number of methoxy groups -OCH3 is 2. The van der Waals surface area contributed by atoms with Crippen molar-refractivity contribution in [1.82, 2.24) is 15.1 Å². The predicted molar refractivity (Wildman–Crippen MR) is 181 cm³/mol. The van der Waals surface area contributed by atoms with Crippen molar-refractivity contribution in [3.8, 4) is 11.5 Å². The van der Waals surface area contributed by atoms with Crippen LogP contribution in [0.3, 0.4) is 0 Å². The summed E-state index contributed by atoms with van der Waals surface area (Å²) in [6.07, 6.45) is 2.67. The third kappa shape index (κ3) is 6.70. The normalized spacial score (nSPS) is 11.0. The molecule has 2 aromatic heterocycles. The molecular formula is C36H33N5O6. The summed E-state index contributed by atoms with van der Waals surface area (Å²) in [6.45, 7) is 1.49. The third-order valence-electron chi connectivity index (χ3n) is 7.84. The number of carbonyl (C=O) groups is 2. The number of nitrogens with zero attached hydrogens (tertiary/aromatic N) is 2. The molecule has 6 aromatic rings. The molecule has 4 aromatic carbocycles. The number of fused-ring (bicyclic) bond motifs is 2. The van der Waals surface area contributed by atoms with Crippen molar-refractivity contribution in [3.05, 3.63) is 124 Å². The molecule has 0 aliphatic carbocycles. The lowest BCUT2D eigenvalue weighted by atomic mass is 10.1. The summed E-state index contributed by atoms with van der Waals surface area (Å²) in [4.78, 5) is 39.3. The van der Waals surface area contributed by atoms with Gasteiger partial charge in [0.2, 0.25) is 0 Å². The molecule has 11 heteroatoms. The van der Waals surface area contributed by atoms with Gasteiger partial charge in [0.25, 0.3) is 11.8 Å². The third-order valence-corrected chi connectivity index (χ3v) is 7.84. The van der Waals surface area contributed by atoms with Crippen molar-refractivity contribution in [1.29, 1.82) is 0 Å². The molecule has 0 atom stereocenters. The van der Waals surface area contributed by atoms with Crippen LogP contribution in [-0.4, -0.2) is 42.4 Å². The van der Waals surface area contributed by atoms with E-state index in [-0.39, 0.29) is 28.0 Å². The number of nitrogens with one attached hydrogen (secondary N) is 3. The van der Waals surface area contributed by atoms with E-state index in [2.05, 4.69) is 33.2 Å². The highest BCUT2D eigenvalue weighted by Gasteiger charge is 2.21. The fourth-order valence-corrected chi connectivity index (χ4v) is 5.44. The summed E-state index contributed by atoms with van der Waals surface area (Å²) in [5.74, 6) is -0.789. The first-order valence-corrected chi connectivity index (χ1v) is 15.0. The van der Waals surface area contributed by atoms with E-state index in [0.29, 0.717) is 22.6 Å². The molecule has 0 fully saturated rings. The maximum absolute atomic E-state index is 13.5. The minimum Gasteiger partial charge on any atom is -0.493 e. The number of anilines is 2. The minimum absolute atomic E-state index is 0.121. The minimum atomic E-state index is -0.705. The Hall–Kier alpha value is -5.94.